The molecule has 0 saturated heterocycles. The Morgan fingerprint density at radius 2 is 1.93 bits per heavy atom. The number of hydrogen-bond acceptors (Lipinski definition) is 4. The molecule has 2 aromatic carbocycles. The van der Waals surface area contributed by atoms with Gasteiger partial charge in [0.25, 0.3) is 0 Å². The molecule has 2 aliphatic rings. The summed E-state index contributed by atoms with van der Waals surface area (Å²) in [5.74, 6) is -2.26. The predicted octanol–water partition coefficient (Wildman–Crippen LogP) is 5.28. The first-order chi connectivity index (χ1) is 14.0. The smallest absolute Gasteiger partial charge is 0.177 e. The van der Waals surface area contributed by atoms with Crippen LogP contribution in [0.3, 0.4) is 0 Å². The van der Waals surface area contributed by atoms with Crippen molar-refractivity contribution in [2.75, 3.05) is 0 Å². The molecule has 2 aromatic rings. The van der Waals surface area contributed by atoms with Crippen molar-refractivity contribution in [3.8, 4) is 5.75 Å². The zero-order valence-corrected chi connectivity index (χ0v) is 16.3. The SMILES string of the molecule is CCCC[C@@]12CC[C@@H](C(=O)c3ccccc3F)C(=O)C1=C(O)c1ccccc1O2. The highest BCUT2D eigenvalue weighted by molar-refractivity contribution is 6.19. The molecule has 1 fully saturated rings. The van der Waals surface area contributed by atoms with Crippen LogP contribution < -0.4 is 4.74 Å². The third-order valence-electron chi connectivity index (χ3n) is 5.93. The fourth-order valence-corrected chi connectivity index (χ4v) is 4.43. The van der Waals surface area contributed by atoms with Gasteiger partial charge in [-0.15, -0.1) is 0 Å². The van der Waals surface area contributed by atoms with E-state index in [0.717, 1.165) is 12.8 Å². The van der Waals surface area contributed by atoms with Crippen LogP contribution in [0.1, 0.15) is 54.9 Å². The van der Waals surface area contributed by atoms with Crippen molar-refractivity contribution in [1.82, 2.24) is 0 Å². The van der Waals surface area contributed by atoms with Crippen LogP contribution in [-0.4, -0.2) is 22.3 Å². The molecule has 1 aliphatic heterocycles. The lowest BCUT2D eigenvalue weighted by atomic mass is 9.68. The lowest BCUT2D eigenvalue weighted by Crippen LogP contribution is -2.50. The van der Waals surface area contributed by atoms with E-state index in [9.17, 15) is 19.1 Å². The van der Waals surface area contributed by atoms with E-state index in [4.69, 9.17) is 4.74 Å². The zero-order valence-electron chi connectivity index (χ0n) is 16.3. The van der Waals surface area contributed by atoms with Gasteiger partial charge in [-0.05, 0) is 49.9 Å². The number of Topliss-reactive ketones (excluding diaryl/α,β-unsaturated/α-hetero) is 2. The molecular formula is C24H23FO4. The average molecular weight is 394 g/mol. The van der Waals surface area contributed by atoms with Gasteiger partial charge in [0.1, 0.15) is 22.9 Å². The predicted molar refractivity (Wildman–Crippen MR) is 107 cm³/mol. The molecule has 5 heteroatoms. The Morgan fingerprint density at radius 1 is 1.21 bits per heavy atom. The summed E-state index contributed by atoms with van der Waals surface area (Å²) < 4.78 is 20.5. The summed E-state index contributed by atoms with van der Waals surface area (Å²) in [4.78, 5) is 26.4. The third-order valence-corrected chi connectivity index (χ3v) is 5.93. The average Bonchev–Trinajstić information content (AvgIpc) is 2.72. The lowest BCUT2D eigenvalue weighted by Gasteiger charge is -2.44. The number of aliphatic hydroxyl groups excluding tert-OH is 1. The van der Waals surface area contributed by atoms with Gasteiger partial charge in [-0.25, -0.2) is 4.39 Å². The number of ether oxygens (including phenoxy) is 1. The second kappa shape index (κ2) is 7.47. The van der Waals surface area contributed by atoms with Gasteiger partial charge < -0.3 is 9.84 Å². The van der Waals surface area contributed by atoms with E-state index in [2.05, 4.69) is 0 Å². The molecule has 1 aliphatic carbocycles. The van der Waals surface area contributed by atoms with E-state index in [1.54, 1.807) is 24.3 Å². The molecule has 4 nitrogen and oxygen atoms in total. The van der Waals surface area contributed by atoms with Crippen molar-refractivity contribution < 1.29 is 23.8 Å². The number of ketones is 2. The molecule has 1 heterocycles. The van der Waals surface area contributed by atoms with Crippen molar-refractivity contribution >= 4 is 17.3 Å². The number of halogens is 1. The number of aliphatic hydroxyl groups is 1. The molecule has 0 bridgehead atoms. The molecule has 2 atom stereocenters. The largest absolute Gasteiger partial charge is 0.507 e. The summed E-state index contributed by atoms with van der Waals surface area (Å²) in [5.41, 5.74) is -0.436. The topological polar surface area (TPSA) is 63.6 Å². The summed E-state index contributed by atoms with van der Waals surface area (Å²) in [5, 5.41) is 11.0. The Morgan fingerprint density at radius 3 is 2.69 bits per heavy atom. The zero-order chi connectivity index (χ0) is 20.6. The molecule has 0 spiro atoms. The van der Waals surface area contributed by atoms with E-state index < -0.39 is 28.9 Å². The monoisotopic (exact) mass is 394 g/mol. The van der Waals surface area contributed by atoms with E-state index in [1.165, 1.54) is 18.2 Å². The van der Waals surface area contributed by atoms with Gasteiger partial charge in [-0.2, -0.15) is 0 Å². The first kappa shape index (κ1) is 19.4. The standard InChI is InChI=1S/C24H23FO4/c1-2-3-13-24-14-12-17(21(26)15-8-4-6-10-18(15)25)23(28)20(24)22(27)16-9-5-7-11-19(16)29-24/h4-11,17,27H,2-3,12-14H2,1H3/t17-,24+/m0/s1. The van der Waals surface area contributed by atoms with E-state index in [-0.39, 0.29) is 23.3 Å². The van der Waals surface area contributed by atoms with E-state index in [0.29, 0.717) is 24.2 Å². The normalized spacial score (nSPS) is 23.2. The number of unbranched alkanes of at least 4 members (excludes halogenated alkanes) is 1. The summed E-state index contributed by atoms with van der Waals surface area (Å²) >= 11 is 0. The van der Waals surface area contributed by atoms with Crippen LogP contribution in [0.25, 0.3) is 5.76 Å². The molecule has 0 amide bonds. The number of hydrogen-bond donors (Lipinski definition) is 1. The maximum absolute atomic E-state index is 14.2. The number of rotatable bonds is 5. The molecule has 0 radical (unpaired) electrons. The van der Waals surface area contributed by atoms with Gasteiger partial charge >= 0.3 is 0 Å². The number of fused-ring (bicyclic) bond motifs is 2. The molecule has 0 unspecified atom stereocenters. The molecule has 0 aromatic heterocycles. The van der Waals surface area contributed by atoms with Gasteiger partial charge in [0, 0.05) is 0 Å². The molecule has 1 saturated carbocycles. The second-order valence-corrected chi connectivity index (χ2v) is 7.72. The highest BCUT2D eigenvalue weighted by Crippen LogP contribution is 2.49. The van der Waals surface area contributed by atoms with Gasteiger partial charge in [-0.1, -0.05) is 37.6 Å². The minimum atomic E-state index is -1.02. The van der Waals surface area contributed by atoms with Crippen LogP contribution in [0.5, 0.6) is 5.75 Å². The highest BCUT2D eigenvalue weighted by Gasteiger charge is 2.52. The Hall–Kier alpha value is -2.95. The van der Waals surface area contributed by atoms with Gasteiger partial charge in [0.05, 0.1) is 22.6 Å². The van der Waals surface area contributed by atoms with Crippen molar-refractivity contribution in [1.29, 1.82) is 0 Å². The summed E-state index contributed by atoms with van der Waals surface area (Å²) in [6.07, 6.45) is 2.97. The Labute approximate surface area is 169 Å². The van der Waals surface area contributed by atoms with Crippen molar-refractivity contribution in [3.63, 3.8) is 0 Å². The fraction of sp³-hybridized carbons (Fsp3) is 0.333. The summed E-state index contributed by atoms with van der Waals surface area (Å²) in [6, 6.07) is 12.7. The summed E-state index contributed by atoms with van der Waals surface area (Å²) in [7, 11) is 0. The van der Waals surface area contributed by atoms with Crippen molar-refractivity contribution in [2.45, 2.75) is 44.6 Å². The van der Waals surface area contributed by atoms with Gasteiger partial charge in [0.2, 0.25) is 0 Å². The molecule has 150 valence electrons. The minimum Gasteiger partial charge on any atom is -0.507 e. The number of para-hydroxylation sites is 1. The number of carbonyl (C=O) groups excluding carboxylic acids is 2. The van der Waals surface area contributed by atoms with E-state index in [1.807, 2.05) is 13.0 Å². The Balaban J connectivity index is 1.79. The maximum Gasteiger partial charge on any atom is 0.177 e. The summed E-state index contributed by atoms with van der Waals surface area (Å²) in [6.45, 7) is 2.05. The fourth-order valence-electron chi connectivity index (χ4n) is 4.43. The number of benzene rings is 2. The highest BCUT2D eigenvalue weighted by atomic mass is 19.1. The molecule has 1 N–H and O–H groups in total. The van der Waals surface area contributed by atoms with Crippen molar-refractivity contribution in [2.24, 2.45) is 5.92 Å². The van der Waals surface area contributed by atoms with Crippen LogP contribution in [0.4, 0.5) is 4.39 Å². The van der Waals surface area contributed by atoms with E-state index >= 15 is 0 Å². The maximum atomic E-state index is 14.2. The number of carbonyl (C=O) groups is 2. The van der Waals surface area contributed by atoms with Crippen LogP contribution in [0.2, 0.25) is 0 Å². The van der Waals surface area contributed by atoms with Crippen LogP contribution in [0.15, 0.2) is 54.1 Å². The van der Waals surface area contributed by atoms with Crippen LogP contribution >= 0.6 is 0 Å². The van der Waals surface area contributed by atoms with Crippen LogP contribution in [0, 0.1) is 11.7 Å². The Bertz CT molecular complexity index is 1010. The third kappa shape index (κ3) is 3.15. The first-order valence-corrected chi connectivity index (χ1v) is 10.0. The first-order valence-electron chi connectivity index (χ1n) is 10.0. The van der Waals surface area contributed by atoms with Crippen LogP contribution in [-0.2, 0) is 4.79 Å². The second-order valence-electron chi connectivity index (χ2n) is 7.72. The van der Waals surface area contributed by atoms with Gasteiger partial charge in [0.15, 0.2) is 11.6 Å². The molecular weight excluding hydrogens is 371 g/mol. The Kier molecular flexibility index (Phi) is 4.99. The van der Waals surface area contributed by atoms with Crippen molar-refractivity contribution in [3.05, 3.63) is 71.0 Å². The quantitative estimate of drug-likeness (QED) is 0.554. The molecule has 29 heavy (non-hydrogen) atoms. The lowest BCUT2D eigenvalue weighted by molar-refractivity contribution is -0.123. The molecule has 4 rings (SSSR count). The minimum absolute atomic E-state index is 0.0934. The van der Waals surface area contributed by atoms with Gasteiger partial charge in [-0.3, -0.25) is 9.59 Å².